The molecule has 0 saturated carbocycles. The Hall–Kier alpha value is -3.83. The number of carboxylic acids is 1. The summed E-state index contributed by atoms with van der Waals surface area (Å²) in [5.41, 5.74) is 1.17. The Labute approximate surface area is 261 Å². The minimum Gasteiger partial charge on any atom is -0.492 e. The summed E-state index contributed by atoms with van der Waals surface area (Å²) in [5, 5.41) is 9.19. The van der Waals surface area contributed by atoms with Gasteiger partial charge in [0, 0.05) is 13.0 Å². The van der Waals surface area contributed by atoms with Gasteiger partial charge >= 0.3 is 41.9 Å². The van der Waals surface area contributed by atoms with Crippen molar-refractivity contribution in [1.82, 2.24) is 4.90 Å². The van der Waals surface area contributed by atoms with Gasteiger partial charge in [-0.2, -0.15) is 48.3 Å². The third kappa shape index (κ3) is 9.16. The number of amides is 1. The number of ether oxygens (including phenoxy) is 3. The van der Waals surface area contributed by atoms with Gasteiger partial charge in [-0.15, -0.1) is 0 Å². The van der Waals surface area contributed by atoms with Crippen LogP contribution in [0.4, 0.5) is 53.1 Å². The fraction of sp³-hybridized carbons (Fsp3) is 0.517. The first-order chi connectivity index (χ1) is 21.5. The highest BCUT2D eigenvalue weighted by Gasteiger charge is 2.87. The molecule has 2 aromatic carbocycles. The van der Waals surface area contributed by atoms with Gasteiger partial charge in [0.2, 0.25) is 0 Å². The van der Waals surface area contributed by atoms with Crippen molar-refractivity contribution in [3.63, 3.8) is 0 Å². The molecule has 18 heteroatoms. The number of benzene rings is 2. The lowest BCUT2D eigenvalue weighted by molar-refractivity contribution is -0.422. The third-order valence-electron chi connectivity index (χ3n) is 6.62. The number of aliphatic carboxylic acids is 1. The van der Waals surface area contributed by atoms with Crippen LogP contribution in [0.3, 0.4) is 0 Å². The van der Waals surface area contributed by atoms with E-state index in [2.05, 4.69) is 0 Å². The second-order valence-electron chi connectivity index (χ2n) is 10.4. The molecule has 0 aliphatic heterocycles. The fourth-order valence-corrected chi connectivity index (χ4v) is 3.89. The van der Waals surface area contributed by atoms with Crippen LogP contribution in [0.25, 0.3) is 0 Å². The van der Waals surface area contributed by atoms with E-state index >= 15 is 0 Å². The van der Waals surface area contributed by atoms with Crippen LogP contribution in [-0.2, 0) is 16.0 Å². The average Bonchev–Trinajstić information content (AvgIpc) is 2.96. The van der Waals surface area contributed by atoms with Gasteiger partial charge in [-0.1, -0.05) is 38.1 Å². The number of alkyl halides is 11. The summed E-state index contributed by atoms with van der Waals surface area (Å²) in [7, 11) is 0. The van der Waals surface area contributed by atoms with E-state index in [4.69, 9.17) is 14.2 Å². The summed E-state index contributed by atoms with van der Waals surface area (Å²) >= 11 is 0. The summed E-state index contributed by atoms with van der Waals surface area (Å²) in [6.45, 7) is 0.525. The predicted octanol–water partition coefficient (Wildman–Crippen LogP) is 7.83. The fourth-order valence-electron chi connectivity index (χ4n) is 3.89. The van der Waals surface area contributed by atoms with Crippen molar-refractivity contribution >= 4 is 12.1 Å². The summed E-state index contributed by atoms with van der Waals surface area (Å²) in [5.74, 6) is -30.6. The molecule has 2 aromatic rings. The Bertz CT molecular complexity index is 1330. The molecule has 2 rings (SSSR count). The largest absolute Gasteiger partial charge is 0.492 e. The molecule has 1 unspecified atom stereocenters. The zero-order valence-electron chi connectivity index (χ0n) is 24.9. The maximum absolute atomic E-state index is 14.6. The lowest BCUT2D eigenvalue weighted by Gasteiger charge is -2.38. The molecule has 0 aliphatic rings. The molecule has 264 valence electrons. The molecule has 0 bridgehead atoms. The summed E-state index contributed by atoms with van der Waals surface area (Å²) < 4.78 is 165. The summed E-state index contributed by atoms with van der Waals surface area (Å²) in [6.07, 6.45) is -10.5. The first-order valence-corrected chi connectivity index (χ1v) is 13.7. The molecule has 0 aliphatic carbocycles. The summed E-state index contributed by atoms with van der Waals surface area (Å²) in [6, 6.07) is 10.5. The first kappa shape index (κ1) is 39.3. The number of nitrogens with zero attached hydrogens (tertiary/aromatic N) is 1. The Kier molecular flexibility index (Phi) is 12.5. The van der Waals surface area contributed by atoms with Crippen molar-refractivity contribution < 1.29 is 77.2 Å². The molecule has 7 nitrogen and oxygen atoms in total. The Morgan fingerprint density at radius 1 is 0.787 bits per heavy atom. The number of hydrogen-bond acceptors (Lipinski definition) is 5. The normalized spacial score (nSPS) is 13.8. The first-order valence-electron chi connectivity index (χ1n) is 13.7. The number of carbonyl (C=O) groups excluding carboxylic acids is 1. The third-order valence-corrected chi connectivity index (χ3v) is 6.62. The Morgan fingerprint density at radius 3 is 1.79 bits per heavy atom. The van der Waals surface area contributed by atoms with Crippen LogP contribution in [-0.4, -0.2) is 84.3 Å². The van der Waals surface area contributed by atoms with Crippen LogP contribution < -0.4 is 9.47 Å². The van der Waals surface area contributed by atoms with Crippen LogP contribution in [0.15, 0.2) is 48.5 Å². The highest BCUT2D eigenvalue weighted by atomic mass is 19.4. The molecule has 0 saturated heterocycles. The van der Waals surface area contributed by atoms with Gasteiger partial charge in [0.25, 0.3) is 0 Å². The van der Waals surface area contributed by atoms with Crippen LogP contribution in [0, 0.1) is 0 Å². The quantitative estimate of drug-likeness (QED) is 0.180. The van der Waals surface area contributed by atoms with Gasteiger partial charge in [0.05, 0.1) is 13.1 Å². The molecule has 0 radical (unpaired) electrons. The second-order valence-corrected chi connectivity index (χ2v) is 10.4. The van der Waals surface area contributed by atoms with Gasteiger partial charge < -0.3 is 19.3 Å². The van der Waals surface area contributed by atoms with E-state index in [1.807, 2.05) is 0 Å². The van der Waals surface area contributed by atoms with Crippen molar-refractivity contribution in [2.75, 3.05) is 26.3 Å². The molecule has 0 fully saturated rings. The van der Waals surface area contributed by atoms with Crippen molar-refractivity contribution in [2.24, 2.45) is 0 Å². The second kappa shape index (κ2) is 14.9. The van der Waals surface area contributed by atoms with Gasteiger partial charge in [0.15, 0.2) is 6.10 Å². The smallest absolute Gasteiger partial charge is 0.460 e. The Balaban J connectivity index is 2.30. The van der Waals surface area contributed by atoms with Crippen molar-refractivity contribution in [1.29, 1.82) is 0 Å². The van der Waals surface area contributed by atoms with Gasteiger partial charge in [-0.05, 0) is 48.2 Å². The maximum atomic E-state index is 14.6. The topological polar surface area (TPSA) is 85.3 Å². The van der Waals surface area contributed by atoms with E-state index in [1.165, 1.54) is 48.5 Å². The monoisotopic (exact) mass is 697 g/mol. The highest BCUT2D eigenvalue weighted by molar-refractivity contribution is 5.72. The van der Waals surface area contributed by atoms with Crippen molar-refractivity contribution in [3.8, 4) is 11.5 Å². The van der Waals surface area contributed by atoms with Crippen LogP contribution in [0.5, 0.6) is 11.5 Å². The molecule has 1 amide bonds. The van der Waals surface area contributed by atoms with Crippen LogP contribution in [0.1, 0.15) is 37.8 Å². The van der Waals surface area contributed by atoms with E-state index in [9.17, 15) is 63.0 Å². The van der Waals surface area contributed by atoms with Gasteiger partial charge in [0.1, 0.15) is 18.1 Å². The zero-order chi connectivity index (χ0) is 36.0. The molecular formula is C29H30F11NO6. The van der Waals surface area contributed by atoms with E-state index in [-0.39, 0.29) is 35.3 Å². The van der Waals surface area contributed by atoms with E-state index in [0.717, 1.165) is 5.56 Å². The number of rotatable bonds is 16. The molecular weight excluding hydrogens is 667 g/mol. The van der Waals surface area contributed by atoms with Gasteiger partial charge in [-0.25, -0.2) is 9.59 Å². The zero-order valence-corrected chi connectivity index (χ0v) is 24.9. The summed E-state index contributed by atoms with van der Waals surface area (Å²) in [4.78, 5) is 23.7. The van der Waals surface area contributed by atoms with Crippen molar-refractivity contribution in [2.45, 2.75) is 69.1 Å². The standard InChI is InChI=1S/C29H30F11NO6/c1-4-45-22(23(42)43)15-18-5-9-20(10-6-18)46-14-13-41(24(44)47-21-11-7-19(8-12-21)17(2)3)16-25(30,31)26(32,33)27(34,35)28(36,37)29(38,39)40/h5-12,17,22H,4,13-16H2,1-3H3,(H,42,43). The highest BCUT2D eigenvalue weighted by Crippen LogP contribution is 2.57. The van der Waals surface area contributed by atoms with E-state index in [0.29, 0.717) is 5.56 Å². The Morgan fingerprint density at radius 2 is 1.32 bits per heavy atom. The number of hydrogen-bond donors (Lipinski definition) is 1. The SMILES string of the molecule is CCOC(Cc1ccc(OCCN(CC(F)(F)C(F)(F)C(F)(F)C(F)(F)C(F)(F)F)C(=O)Oc2ccc(C(C)C)cc2)cc1)C(=O)O. The van der Waals surface area contributed by atoms with E-state index < -0.39 is 67.7 Å². The number of carbonyl (C=O) groups is 2. The lowest BCUT2D eigenvalue weighted by Crippen LogP contribution is -2.68. The van der Waals surface area contributed by atoms with Gasteiger partial charge in [-0.3, -0.25) is 4.90 Å². The minimum atomic E-state index is -7.65. The molecule has 1 N–H and O–H groups in total. The van der Waals surface area contributed by atoms with Crippen LogP contribution >= 0.6 is 0 Å². The number of halogens is 11. The molecule has 47 heavy (non-hydrogen) atoms. The molecule has 0 aromatic heterocycles. The molecule has 0 spiro atoms. The van der Waals surface area contributed by atoms with Crippen LogP contribution in [0.2, 0.25) is 0 Å². The minimum absolute atomic E-state index is 0.0110. The van der Waals surface area contributed by atoms with Crippen molar-refractivity contribution in [3.05, 3.63) is 59.7 Å². The lowest BCUT2D eigenvalue weighted by atomic mass is 9.97. The molecule has 1 atom stereocenters. The van der Waals surface area contributed by atoms with E-state index in [1.54, 1.807) is 20.8 Å². The average molecular weight is 698 g/mol. The number of carboxylic acid groups (broad SMARTS) is 1. The predicted molar refractivity (Wildman–Crippen MR) is 143 cm³/mol. The maximum Gasteiger partial charge on any atom is 0.460 e. The molecule has 0 heterocycles.